The normalized spacial score (nSPS) is 21.4. The Labute approximate surface area is 135 Å². The number of piperidine rings is 1. The Morgan fingerprint density at radius 2 is 1.65 bits per heavy atom. The number of ether oxygens (including phenoxy) is 2. The van der Waals surface area contributed by atoms with Crippen molar-refractivity contribution in [3.8, 4) is 12.0 Å². The average molecular weight is 321 g/mol. The molecular weight excluding hydrogens is 298 g/mol. The van der Waals surface area contributed by atoms with E-state index < -0.39 is 0 Å². The molecule has 126 valence electrons. The van der Waals surface area contributed by atoms with Crippen molar-refractivity contribution in [2.75, 3.05) is 45.3 Å². The highest BCUT2D eigenvalue weighted by molar-refractivity contribution is 5.80. The van der Waals surface area contributed by atoms with Gasteiger partial charge in [-0.25, -0.2) is 0 Å². The summed E-state index contributed by atoms with van der Waals surface area (Å²) in [6, 6.07) is 0.440. The first-order valence-corrected chi connectivity index (χ1v) is 8.09. The molecule has 8 heteroatoms. The molecule has 0 spiro atoms. The first kappa shape index (κ1) is 15.8. The van der Waals surface area contributed by atoms with Crippen molar-refractivity contribution < 1.29 is 14.3 Å². The van der Waals surface area contributed by atoms with E-state index in [0.29, 0.717) is 12.5 Å². The molecule has 1 aromatic rings. The standard InChI is InChI=1S/C15H23N5O3/c1-22-14-16-13(17-15(18-14)23-2)20-9-6-11(10-20)12(21)19-7-4-3-5-8-19/h11H,3-10H2,1-2H3. The van der Waals surface area contributed by atoms with Crippen molar-refractivity contribution >= 4 is 11.9 Å². The van der Waals surface area contributed by atoms with Crippen LogP contribution in [0.2, 0.25) is 0 Å². The molecule has 1 amide bonds. The summed E-state index contributed by atoms with van der Waals surface area (Å²) < 4.78 is 10.2. The van der Waals surface area contributed by atoms with E-state index in [9.17, 15) is 4.79 Å². The molecule has 2 aliphatic rings. The van der Waals surface area contributed by atoms with Crippen molar-refractivity contribution in [1.29, 1.82) is 0 Å². The van der Waals surface area contributed by atoms with E-state index in [1.807, 2.05) is 9.80 Å². The molecule has 2 fully saturated rings. The number of amides is 1. The molecule has 23 heavy (non-hydrogen) atoms. The van der Waals surface area contributed by atoms with Gasteiger partial charge in [-0.2, -0.15) is 9.97 Å². The Hall–Kier alpha value is -2.12. The van der Waals surface area contributed by atoms with Crippen LogP contribution in [0.4, 0.5) is 5.95 Å². The molecule has 1 atom stereocenters. The molecule has 2 saturated heterocycles. The van der Waals surface area contributed by atoms with Gasteiger partial charge in [0.25, 0.3) is 0 Å². The SMILES string of the molecule is COc1nc(OC)nc(N2CCC(C(=O)N3CCCCC3)C2)n1. The van der Waals surface area contributed by atoms with E-state index in [4.69, 9.17) is 9.47 Å². The minimum Gasteiger partial charge on any atom is -0.467 e. The van der Waals surface area contributed by atoms with E-state index in [1.165, 1.54) is 20.6 Å². The number of aromatic nitrogens is 3. The minimum atomic E-state index is 0.0156. The minimum absolute atomic E-state index is 0.0156. The predicted molar refractivity (Wildman–Crippen MR) is 83.7 cm³/mol. The van der Waals surface area contributed by atoms with Gasteiger partial charge in [-0.1, -0.05) is 0 Å². The van der Waals surface area contributed by atoms with Crippen LogP contribution in [0.25, 0.3) is 0 Å². The summed E-state index contributed by atoms with van der Waals surface area (Å²) in [6.07, 6.45) is 4.28. The third-order valence-corrected chi connectivity index (χ3v) is 4.44. The van der Waals surface area contributed by atoms with E-state index in [2.05, 4.69) is 15.0 Å². The summed E-state index contributed by atoms with van der Waals surface area (Å²) in [5, 5.41) is 0. The van der Waals surface area contributed by atoms with Crippen LogP contribution < -0.4 is 14.4 Å². The van der Waals surface area contributed by atoms with Gasteiger partial charge in [0.2, 0.25) is 11.9 Å². The van der Waals surface area contributed by atoms with Crippen LogP contribution in [0.5, 0.6) is 12.0 Å². The number of likely N-dealkylation sites (tertiary alicyclic amines) is 1. The van der Waals surface area contributed by atoms with Gasteiger partial charge < -0.3 is 19.3 Å². The van der Waals surface area contributed by atoms with Gasteiger partial charge in [0.15, 0.2) is 0 Å². The van der Waals surface area contributed by atoms with Gasteiger partial charge >= 0.3 is 12.0 Å². The Morgan fingerprint density at radius 1 is 1.00 bits per heavy atom. The Balaban J connectivity index is 1.68. The first-order chi connectivity index (χ1) is 11.2. The quantitative estimate of drug-likeness (QED) is 0.808. The fourth-order valence-electron chi connectivity index (χ4n) is 3.17. The molecule has 3 rings (SSSR count). The summed E-state index contributed by atoms with van der Waals surface area (Å²) in [4.78, 5) is 29.2. The molecule has 0 aromatic carbocycles. The topological polar surface area (TPSA) is 80.7 Å². The Kier molecular flexibility index (Phi) is 4.78. The molecule has 0 aliphatic carbocycles. The van der Waals surface area contributed by atoms with E-state index >= 15 is 0 Å². The molecule has 0 N–H and O–H groups in total. The number of hydrogen-bond acceptors (Lipinski definition) is 7. The lowest BCUT2D eigenvalue weighted by molar-refractivity contribution is -0.135. The van der Waals surface area contributed by atoms with Crippen molar-refractivity contribution in [2.24, 2.45) is 5.92 Å². The molecule has 0 radical (unpaired) electrons. The number of rotatable bonds is 4. The summed E-state index contributed by atoms with van der Waals surface area (Å²) >= 11 is 0. The number of carbonyl (C=O) groups excluding carboxylic acids is 1. The van der Waals surface area contributed by atoms with Crippen LogP contribution in [-0.2, 0) is 4.79 Å². The van der Waals surface area contributed by atoms with Crippen LogP contribution in [0.1, 0.15) is 25.7 Å². The first-order valence-electron chi connectivity index (χ1n) is 8.09. The molecule has 0 bridgehead atoms. The largest absolute Gasteiger partial charge is 0.467 e. The number of nitrogens with zero attached hydrogens (tertiary/aromatic N) is 5. The van der Waals surface area contributed by atoms with Gasteiger partial charge in [0, 0.05) is 26.2 Å². The maximum Gasteiger partial charge on any atom is 0.324 e. The van der Waals surface area contributed by atoms with Crippen LogP contribution in [0.15, 0.2) is 0 Å². The maximum atomic E-state index is 12.6. The second-order valence-electron chi connectivity index (χ2n) is 5.93. The lowest BCUT2D eigenvalue weighted by atomic mass is 10.0. The zero-order chi connectivity index (χ0) is 16.2. The highest BCUT2D eigenvalue weighted by Crippen LogP contribution is 2.25. The van der Waals surface area contributed by atoms with Gasteiger partial charge in [-0.3, -0.25) is 4.79 Å². The van der Waals surface area contributed by atoms with E-state index in [-0.39, 0.29) is 23.8 Å². The van der Waals surface area contributed by atoms with Crippen LogP contribution in [0, 0.1) is 5.92 Å². The second-order valence-corrected chi connectivity index (χ2v) is 5.93. The smallest absolute Gasteiger partial charge is 0.324 e. The Morgan fingerprint density at radius 3 is 2.26 bits per heavy atom. The average Bonchev–Trinajstić information content (AvgIpc) is 3.11. The summed E-state index contributed by atoms with van der Waals surface area (Å²) in [6.45, 7) is 3.16. The molecule has 8 nitrogen and oxygen atoms in total. The van der Waals surface area contributed by atoms with Crippen molar-refractivity contribution in [1.82, 2.24) is 19.9 Å². The van der Waals surface area contributed by atoms with Gasteiger partial charge in [0.05, 0.1) is 20.1 Å². The predicted octanol–water partition coefficient (Wildman–Crippen LogP) is 0.728. The fraction of sp³-hybridized carbons (Fsp3) is 0.733. The van der Waals surface area contributed by atoms with Crippen LogP contribution in [-0.4, -0.2) is 66.2 Å². The zero-order valence-corrected chi connectivity index (χ0v) is 13.7. The highest BCUT2D eigenvalue weighted by atomic mass is 16.5. The number of hydrogen-bond donors (Lipinski definition) is 0. The third-order valence-electron chi connectivity index (χ3n) is 4.44. The third kappa shape index (κ3) is 3.46. The summed E-state index contributed by atoms with van der Waals surface area (Å²) in [5.74, 6) is 0.782. The van der Waals surface area contributed by atoms with Crippen LogP contribution >= 0.6 is 0 Å². The zero-order valence-electron chi connectivity index (χ0n) is 13.7. The monoisotopic (exact) mass is 321 g/mol. The highest BCUT2D eigenvalue weighted by Gasteiger charge is 2.33. The molecule has 1 unspecified atom stereocenters. The van der Waals surface area contributed by atoms with E-state index in [1.54, 1.807) is 0 Å². The van der Waals surface area contributed by atoms with Gasteiger partial charge in [-0.15, -0.1) is 4.98 Å². The van der Waals surface area contributed by atoms with Crippen molar-refractivity contribution in [2.45, 2.75) is 25.7 Å². The second kappa shape index (κ2) is 6.97. The van der Waals surface area contributed by atoms with Gasteiger partial charge in [-0.05, 0) is 25.7 Å². The maximum absolute atomic E-state index is 12.6. The molecular formula is C15H23N5O3. The number of carbonyl (C=O) groups is 1. The number of anilines is 1. The van der Waals surface area contributed by atoms with Crippen molar-refractivity contribution in [3.05, 3.63) is 0 Å². The van der Waals surface area contributed by atoms with E-state index in [0.717, 1.165) is 38.9 Å². The van der Waals surface area contributed by atoms with Crippen LogP contribution in [0.3, 0.4) is 0 Å². The summed E-state index contributed by atoms with van der Waals surface area (Å²) in [7, 11) is 3.01. The molecule has 0 saturated carbocycles. The fourth-order valence-corrected chi connectivity index (χ4v) is 3.17. The molecule has 2 aliphatic heterocycles. The lowest BCUT2D eigenvalue weighted by Gasteiger charge is -2.29. The Bertz CT molecular complexity index is 540. The molecule has 1 aromatic heterocycles. The van der Waals surface area contributed by atoms with Crippen molar-refractivity contribution in [3.63, 3.8) is 0 Å². The molecule has 3 heterocycles. The summed E-state index contributed by atoms with van der Waals surface area (Å²) in [5.41, 5.74) is 0. The number of methoxy groups -OCH3 is 2. The lowest BCUT2D eigenvalue weighted by Crippen LogP contribution is -2.40. The van der Waals surface area contributed by atoms with Gasteiger partial charge in [0.1, 0.15) is 0 Å².